The van der Waals surface area contributed by atoms with Crippen LogP contribution in [0.3, 0.4) is 0 Å². The molecule has 0 unspecified atom stereocenters. The second-order valence-corrected chi connectivity index (χ2v) is 4.29. The van der Waals surface area contributed by atoms with Crippen molar-refractivity contribution in [1.82, 2.24) is 0 Å². The van der Waals surface area contributed by atoms with Crippen LogP contribution in [0.4, 0.5) is 5.69 Å². The maximum Gasteiger partial charge on any atom is 0.0368 e. The predicted molar refractivity (Wildman–Crippen MR) is 73.1 cm³/mol. The molecule has 1 heterocycles. The summed E-state index contributed by atoms with van der Waals surface area (Å²) in [6.07, 6.45) is 5.87. The molecule has 1 aliphatic rings. The molecule has 0 N–H and O–H groups in total. The van der Waals surface area contributed by atoms with Crippen molar-refractivity contribution in [1.29, 1.82) is 0 Å². The Kier molecular flexibility index (Phi) is 5.69. The zero-order valence-electron chi connectivity index (χ0n) is 10.6. The highest BCUT2D eigenvalue weighted by atomic mass is 15.1. The quantitative estimate of drug-likeness (QED) is 0.638. The highest BCUT2D eigenvalue weighted by molar-refractivity contribution is 5.48. The van der Waals surface area contributed by atoms with E-state index in [0.29, 0.717) is 0 Å². The topological polar surface area (TPSA) is 3.24 Å². The van der Waals surface area contributed by atoms with Gasteiger partial charge in [-0.1, -0.05) is 18.2 Å². The molecule has 1 saturated heterocycles. The Morgan fingerprint density at radius 3 is 2.38 bits per heavy atom. The summed E-state index contributed by atoms with van der Waals surface area (Å²) in [4.78, 5) is 2.50. The van der Waals surface area contributed by atoms with Gasteiger partial charge in [0.25, 0.3) is 0 Å². The van der Waals surface area contributed by atoms with Crippen molar-refractivity contribution < 1.29 is 0 Å². The number of rotatable bonds is 1. The lowest BCUT2D eigenvalue weighted by molar-refractivity contribution is 0.578. The number of anilines is 1. The first-order chi connectivity index (χ1) is 7.77. The Balaban J connectivity index is 0.000000386. The summed E-state index contributed by atoms with van der Waals surface area (Å²) < 4.78 is 0. The summed E-state index contributed by atoms with van der Waals surface area (Å²) in [5, 5.41) is 0. The van der Waals surface area contributed by atoms with Crippen LogP contribution in [0.1, 0.15) is 31.7 Å². The summed E-state index contributed by atoms with van der Waals surface area (Å²) in [5.41, 5.74) is 2.77. The molecule has 0 amide bonds. The van der Waals surface area contributed by atoms with Gasteiger partial charge in [-0.05, 0) is 50.8 Å². The maximum atomic E-state index is 3.36. The van der Waals surface area contributed by atoms with E-state index in [1.165, 1.54) is 43.6 Å². The first-order valence-electron chi connectivity index (χ1n) is 6.16. The highest BCUT2D eigenvalue weighted by Crippen LogP contribution is 2.20. The van der Waals surface area contributed by atoms with E-state index in [4.69, 9.17) is 0 Å². The van der Waals surface area contributed by atoms with E-state index in [9.17, 15) is 0 Å². The van der Waals surface area contributed by atoms with Crippen molar-refractivity contribution in [3.8, 4) is 0 Å². The summed E-state index contributed by atoms with van der Waals surface area (Å²) in [5.74, 6) is 0. The Morgan fingerprint density at radius 1 is 1.19 bits per heavy atom. The van der Waals surface area contributed by atoms with Crippen molar-refractivity contribution in [2.24, 2.45) is 0 Å². The number of hydrogen-bond donors (Lipinski definition) is 0. The van der Waals surface area contributed by atoms with E-state index in [1.807, 2.05) is 6.92 Å². The fraction of sp³-hybridized carbons (Fsp3) is 0.467. The van der Waals surface area contributed by atoms with Crippen LogP contribution in [0, 0.1) is 6.92 Å². The van der Waals surface area contributed by atoms with Gasteiger partial charge < -0.3 is 4.90 Å². The van der Waals surface area contributed by atoms with Crippen molar-refractivity contribution in [3.05, 3.63) is 42.5 Å². The molecule has 0 atom stereocenters. The fourth-order valence-electron chi connectivity index (χ4n) is 1.98. The zero-order valence-corrected chi connectivity index (χ0v) is 10.6. The molecule has 2 rings (SSSR count). The Hall–Kier alpha value is -1.24. The largest absolute Gasteiger partial charge is 0.372 e. The highest BCUT2D eigenvalue weighted by Gasteiger charge is 2.09. The Morgan fingerprint density at radius 2 is 1.81 bits per heavy atom. The van der Waals surface area contributed by atoms with Gasteiger partial charge in [-0.3, -0.25) is 0 Å². The van der Waals surface area contributed by atoms with Gasteiger partial charge in [0.15, 0.2) is 0 Å². The number of hydrogen-bond acceptors (Lipinski definition) is 1. The first kappa shape index (κ1) is 12.8. The SMILES string of the molecule is C=CC.Cc1cccc(N2CCCCC2)c1. The zero-order chi connectivity index (χ0) is 11.8. The van der Waals surface area contributed by atoms with E-state index >= 15 is 0 Å². The average molecular weight is 217 g/mol. The molecule has 0 saturated carbocycles. The van der Waals surface area contributed by atoms with Crippen LogP contribution in [0.5, 0.6) is 0 Å². The van der Waals surface area contributed by atoms with Crippen LogP contribution in [-0.4, -0.2) is 13.1 Å². The van der Waals surface area contributed by atoms with Crippen LogP contribution in [0.2, 0.25) is 0 Å². The van der Waals surface area contributed by atoms with E-state index < -0.39 is 0 Å². The molecular formula is C15H23N. The third kappa shape index (κ3) is 4.09. The van der Waals surface area contributed by atoms with Crippen LogP contribution in [-0.2, 0) is 0 Å². The van der Waals surface area contributed by atoms with Gasteiger partial charge in [0.05, 0.1) is 0 Å². The van der Waals surface area contributed by atoms with E-state index in [1.54, 1.807) is 6.08 Å². The molecule has 1 aliphatic heterocycles. The van der Waals surface area contributed by atoms with Crippen LogP contribution in [0.25, 0.3) is 0 Å². The minimum Gasteiger partial charge on any atom is -0.372 e. The van der Waals surface area contributed by atoms with Gasteiger partial charge in [-0.15, -0.1) is 6.58 Å². The van der Waals surface area contributed by atoms with Crippen LogP contribution >= 0.6 is 0 Å². The number of benzene rings is 1. The lowest BCUT2D eigenvalue weighted by Crippen LogP contribution is -2.29. The van der Waals surface area contributed by atoms with Crippen molar-refractivity contribution in [3.63, 3.8) is 0 Å². The third-order valence-electron chi connectivity index (χ3n) is 2.72. The van der Waals surface area contributed by atoms with Crippen molar-refractivity contribution in [2.75, 3.05) is 18.0 Å². The molecule has 0 radical (unpaired) electrons. The maximum absolute atomic E-state index is 3.36. The molecule has 88 valence electrons. The molecule has 1 fully saturated rings. The van der Waals surface area contributed by atoms with Gasteiger partial charge >= 0.3 is 0 Å². The van der Waals surface area contributed by atoms with Crippen LogP contribution < -0.4 is 4.90 Å². The molecule has 16 heavy (non-hydrogen) atoms. The van der Waals surface area contributed by atoms with Gasteiger partial charge in [0, 0.05) is 18.8 Å². The molecule has 1 aromatic rings. The van der Waals surface area contributed by atoms with E-state index in [0.717, 1.165) is 0 Å². The smallest absolute Gasteiger partial charge is 0.0368 e. The molecule has 0 bridgehead atoms. The number of piperidine rings is 1. The predicted octanol–water partition coefficient (Wildman–Crippen LogP) is 4.18. The second kappa shape index (κ2) is 7.10. The third-order valence-corrected chi connectivity index (χ3v) is 2.72. The van der Waals surface area contributed by atoms with E-state index in [2.05, 4.69) is 42.7 Å². The molecular weight excluding hydrogens is 194 g/mol. The molecule has 1 heteroatoms. The molecule has 0 spiro atoms. The minimum atomic E-state index is 1.24. The molecule has 1 nitrogen and oxygen atoms in total. The first-order valence-corrected chi connectivity index (χ1v) is 6.16. The lowest BCUT2D eigenvalue weighted by atomic mass is 10.1. The van der Waals surface area contributed by atoms with Crippen LogP contribution in [0.15, 0.2) is 36.9 Å². The summed E-state index contributed by atoms with van der Waals surface area (Å²) in [7, 11) is 0. The number of allylic oxidation sites excluding steroid dienone is 1. The summed E-state index contributed by atoms with van der Waals surface area (Å²) >= 11 is 0. The molecule has 0 aromatic heterocycles. The normalized spacial score (nSPS) is 15.0. The number of aryl methyl sites for hydroxylation is 1. The van der Waals surface area contributed by atoms with Crippen molar-refractivity contribution in [2.45, 2.75) is 33.1 Å². The fourth-order valence-corrected chi connectivity index (χ4v) is 1.98. The van der Waals surface area contributed by atoms with Crippen molar-refractivity contribution >= 4 is 5.69 Å². The minimum absolute atomic E-state index is 1.24. The second-order valence-electron chi connectivity index (χ2n) is 4.29. The summed E-state index contributed by atoms with van der Waals surface area (Å²) in [6.45, 7) is 9.89. The number of nitrogens with zero attached hydrogens (tertiary/aromatic N) is 1. The van der Waals surface area contributed by atoms with Gasteiger partial charge in [0.2, 0.25) is 0 Å². The van der Waals surface area contributed by atoms with Gasteiger partial charge in [0.1, 0.15) is 0 Å². The molecule has 0 aliphatic carbocycles. The monoisotopic (exact) mass is 217 g/mol. The Labute approximate surface area is 99.8 Å². The van der Waals surface area contributed by atoms with Gasteiger partial charge in [-0.25, -0.2) is 0 Å². The lowest BCUT2D eigenvalue weighted by Gasteiger charge is -2.28. The standard InChI is InChI=1S/C12H17N.C3H6/c1-11-6-5-7-12(10-11)13-8-3-2-4-9-13;1-3-2/h5-7,10H,2-4,8-9H2,1H3;3H,1H2,2H3. The van der Waals surface area contributed by atoms with Gasteiger partial charge in [-0.2, -0.15) is 0 Å². The average Bonchev–Trinajstić information content (AvgIpc) is 2.31. The van der Waals surface area contributed by atoms with E-state index in [-0.39, 0.29) is 0 Å². The Bertz CT molecular complexity index is 311. The summed E-state index contributed by atoms with van der Waals surface area (Å²) in [6, 6.07) is 8.82. The molecule has 1 aromatic carbocycles.